The molecule has 0 aliphatic carbocycles. The van der Waals surface area contributed by atoms with E-state index in [1.807, 2.05) is 11.0 Å². The van der Waals surface area contributed by atoms with Gasteiger partial charge < -0.3 is 15.0 Å². The molecule has 0 saturated carbocycles. The molecular formula is C23H20F3N3O3. The first-order valence-electron chi connectivity index (χ1n) is 10.2. The Balaban J connectivity index is 1.45. The summed E-state index contributed by atoms with van der Waals surface area (Å²) in [6, 6.07) is 9.93. The predicted octanol–water partition coefficient (Wildman–Crippen LogP) is 4.40. The SMILES string of the molecule is CC1Oc2ccc(C(=O)C3CCN(c4ccc(C(F)(F)F)cc4C#N)CC3)cc2NC1=O. The second-order valence-electron chi connectivity index (χ2n) is 7.93. The van der Waals surface area contributed by atoms with Gasteiger partial charge in [0.05, 0.1) is 22.5 Å². The van der Waals surface area contributed by atoms with E-state index in [4.69, 9.17) is 4.74 Å². The zero-order valence-corrected chi connectivity index (χ0v) is 17.2. The van der Waals surface area contributed by atoms with Crippen LogP contribution in [0.1, 0.15) is 41.3 Å². The van der Waals surface area contributed by atoms with E-state index in [1.165, 1.54) is 6.07 Å². The monoisotopic (exact) mass is 443 g/mol. The summed E-state index contributed by atoms with van der Waals surface area (Å²) < 4.78 is 44.3. The maximum Gasteiger partial charge on any atom is 0.416 e. The Morgan fingerprint density at radius 2 is 1.91 bits per heavy atom. The van der Waals surface area contributed by atoms with Crippen LogP contribution in [0.3, 0.4) is 0 Å². The number of anilines is 2. The Bertz CT molecular complexity index is 1120. The van der Waals surface area contributed by atoms with Crippen molar-refractivity contribution in [1.82, 2.24) is 0 Å². The average Bonchev–Trinajstić information content (AvgIpc) is 2.78. The highest BCUT2D eigenvalue weighted by Crippen LogP contribution is 2.35. The molecule has 166 valence electrons. The van der Waals surface area contributed by atoms with Crippen LogP contribution in [0.25, 0.3) is 0 Å². The van der Waals surface area contributed by atoms with Crippen LogP contribution < -0.4 is 15.0 Å². The third-order valence-corrected chi connectivity index (χ3v) is 5.85. The summed E-state index contributed by atoms with van der Waals surface area (Å²) in [6.07, 6.45) is -4.11. The molecule has 1 atom stereocenters. The molecule has 1 N–H and O–H groups in total. The van der Waals surface area contributed by atoms with Crippen molar-refractivity contribution in [1.29, 1.82) is 5.26 Å². The van der Waals surface area contributed by atoms with Gasteiger partial charge in [0, 0.05) is 24.6 Å². The largest absolute Gasteiger partial charge is 0.479 e. The zero-order valence-electron chi connectivity index (χ0n) is 17.2. The molecule has 1 saturated heterocycles. The van der Waals surface area contributed by atoms with Gasteiger partial charge in [0.1, 0.15) is 11.8 Å². The van der Waals surface area contributed by atoms with Crippen LogP contribution in [0.2, 0.25) is 0 Å². The minimum absolute atomic E-state index is 0.0377. The molecule has 2 aromatic rings. The van der Waals surface area contributed by atoms with Crippen molar-refractivity contribution < 1.29 is 27.5 Å². The number of nitriles is 1. The number of carbonyl (C=O) groups is 2. The van der Waals surface area contributed by atoms with Crippen LogP contribution in [0.15, 0.2) is 36.4 Å². The molecule has 1 amide bonds. The predicted molar refractivity (Wildman–Crippen MR) is 111 cm³/mol. The van der Waals surface area contributed by atoms with Crippen molar-refractivity contribution in [2.24, 2.45) is 5.92 Å². The number of ether oxygens (including phenoxy) is 1. The van der Waals surface area contributed by atoms with Crippen molar-refractivity contribution in [3.63, 3.8) is 0 Å². The fourth-order valence-corrected chi connectivity index (χ4v) is 4.06. The molecule has 1 fully saturated rings. The number of amides is 1. The highest BCUT2D eigenvalue weighted by atomic mass is 19.4. The number of alkyl halides is 3. The fourth-order valence-electron chi connectivity index (χ4n) is 4.06. The van der Waals surface area contributed by atoms with Crippen molar-refractivity contribution in [3.8, 4) is 11.8 Å². The van der Waals surface area contributed by atoms with E-state index in [0.717, 1.165) is 12.1 Å². The van der Waals surface area contributed by atoms with Gasteiger partial charge in [0.25, 0.3) is 5.91 Å². The average molecular weight is 443 g/mol. The first kappa shape index (κ1) is 21.7. The lowest BCUT2D eigenvalue weighted by Gasteiger charge is -2.33. The summed E-state index contributed by atoms with van der Waals surface area (Å²) in [7, 11) is 0. The molecule has 2 heterocycles. The van der Waals surface area contributed by atoms with E-state index in [9.17, 15) is 28.0 Å². The van der Waals surface area contributed by atoms with Gasteiger partial charge in [0.2, 0.25) is 0 Å². The summed E-state index contributed by atoms with van der Waals surface area (Å²) in [5.74, 6) is -0.0910. The minimum atomic E-state index is -4.51. The lowest BCUT2D eigenvalue weighted by Crippen LogP contribution is -2.37. The number of hydrogen-bond donors (Lipinski definition) is 1. The number of hydrogen-bond acceptors (Lipinski definition) is 5. The fraction of sp³-hybridized carbons (Fsp3) is 0.348. The molecule has 9 heteroatoms. The maximum absolute atomic E-state index is 13.0. The lowest BCUT2D eigenvalue weighted by molar-refractivity contribution is -0.137. The van der Waals surface area contributed by atoms with Crippen LogP contribution in [-0.4, -0.2) is 30.9 Å². The Morgan fingerprint density at radius 1 is 1.19 bits per heavy atom. The normalized spacial score (nSPS) is 18.9. The van der Waals surface area contributed by atoms with Gasteiger partial charge in [-0.1, -0.05) is 0 Å². The van der Waals surface area contributed by atoms with E-state index < -0.39 is 17.8 Å². The molecule has 32 heavy (non-hydrogen) atoms. The molecule has 2 aromatic carbocycles. The standard InChI is InChI=1S/C23H20F3N3O3/c1-13-22(31)28-18-11-15(2-5-20(18)32-13)21(30)14-6-8-29(9-7-14)19-4-3-17(23(24,25)26)10-16(19)12-27/h2-5,10-11,13-14H,6-9H2,1H3,(H,28,31). The van der Waals surface area contributed by atoms with E-state index >= 15 is 0 Å². The van der Waals surface area contributed by atoms with E-state index in [-0.39, 0.29) is 23.2 Å². The molecule has 1 unspecified atom stereocenters. The number of rotatable bonds is 3. The second-order valence-corrected chi connectivity index (χ2v) is 7.93. The van der Waals surface area contributed by atoms with Crippen molar-refractivity contribution in [2.45, 2.75) is 32.0 Å². The van der Waals surface area contributed by atoms with Gasteiger partial charge in [-0.25, -0.2) is 0 Å². The van der Waals surface area contributed by atoms with Crippen molar-refractivity contribution in [2.75, 3.05) is 23.3 Å². The van der Waals surface area contributed by atoms with Crippen molar-refractivity contribution in [3.05, 3.63) is 53.1 Å². The highest BCUT2D eigenvalue weighted by Gasteiger charge is 2.33. The molecule has 0 bridgehead atoms. The van der Waals surface area contributed by atoms with Gasteiger partial charge in [0.15, 0.2) is 11.9 Å². The number of nitrogens with one attached hydrogen (secondary N) is 1. The molecule has 2 aliphatic rings. The highest BCUT2D eigenvalue weighted by molar-refractivity contribution is 6.02. The number of fused-ring (bicyclic) bond motifs is 1. The second kappa shape index (κ2) is 8.19. The first-order chi connectivity index (χ1) is 15.2. The van der Waals surface area contributed by atoms with E-state index in [0.29, 0.717) is 48.6 Å². The number of carbonyl (C=O) groups excluding carboxylic acids is 2. The number of benzene rings is 2. The van der Waals surface area contributed by atoms with Gasteiger partial charge >= 0.3 is 6.18 Å². The zero-order chi connectivity index (χ0) is 23.0. The number of Topliss-reactive ketones (excluding diaryl/α,β-unsaturated/α-hetero) is 1. The molecule has 0 spiro atoms. The summed E-state index contributed by atoms with van der Waals surface area (Å²) in [6.45, 7) is 2.52. The third-order valence-electron chi connectivity index (χ3n) is 5.85. The van der Waals surface area contributed by atoms with E-state index in [1.54, 1.807) is 25.1 Å². The molecule has 6 nitrogen and oxygen atoms in total. The number of halogens is 3. The molecule has 0 radical (unpaired) electrons. The van der Waals surface area contributed by atoms with Crippen LogP contribution in [0.4, 0.5) is 24.5 Å². The number of ketones is 1. The molecular weight excluding hydrogens is 423 g/mol. The van der Waals surface area contributed by atoms with Gasteiger partial charge in [-0.05, 0) is 56.2 Å². The van der Waals surface area contributed by atoms with Gasteiger partial charge in [-0.2, -0.15) is 18.4 Å². The Morgan fingerprint density at radius 3 is 2.56 bits per heavy atom. The summed E-state index contributed by atoms with van der Waals surface area (Å²) in [5, 5.41) is 12.1. The third kappa shape index (κ3) is 4.13. The molecule has 0 aromatic heterocycles. The Kier molecular flexibility index (Phi) is 5.55. The minimum Gasteiger partial charge on any atom is -0.479 e. The van der Waals surface area contributed by atoms with Crippen LogP contribution in [-0.2, 0) is 11.0 Å². The van der Waals surface area contributed by atoms with Crippen LogP contribution >= 0.6 is 0 Å². The summed E-state index contributed by atoms with van der Waals surface area (Å²) in [4.78, 5) is 26.7. The molecule has 2 aliphatic heterocycles. The van der Waals surface area contributed by atoms with Gasteiger partial charge in [-0.3, -0.25) is 9.59 Å². The number of piperidine rings is 1. The van der Waals surface area contributed by atoms with Crippen LogP contribution in [0, 0.1) is 17.2 Å². The van der Waals surface area contributed by atoms with Crippen molar-refractivity contribution >= 4 is 23.1 Å². The molecule has 4 rings (SSSR count). The lowest BCUT2D eigenvalue weighted by atomic mass is 9.88. The quantitative estimate of drug-likeness (QED) is 0.712. The Hall–Kier alpha value is -3.54. The Labute approximate surface area is 182 Å². The van der Waals surface area contributed by atoms with Gasteiger partial charge in [-0.15, -0.1) is 0 Å². The summed E-state index contributed by atoms with van der Waals surface area (Å²) >= 11 is 0. The first-order valence-corrected chi connectivity index (χ1v) is 10.2. The number of nitrogens with zero attached hydrogens (tertiary/aromatic N) is 2. The van der Waals surface area contributed by atoms with E-state index in [2.05, 4.69) is 5.32 Å². The topological polar surface area (TPSA) is 82.4 Å². The smallest absolute Gasteiger partial charge is 0.416 e. The summed E-state index contributed by atoms with van der Waals surface area (Å²) in [5.41, 5.74) is 0.465. The van der Waals surface area contributed by atoms with Crippen LogP contribution in [0.5, 0.6) is 5.75 Å². The maximum atomic E-state index is 13.0.